The molecule has 236 valence electrons. The summed E-state index contributed by atoms with van der Waals surface area (Å²) in [5.74, 6) is -1.06. The fourth-order valence-electron chi connectivity index (χ4n) is 4.03. The predicted octanol–water partition coefficient (Wildman–Crippen LogP) is -7.04. The van der Waals surface area contributed by atoms with Crippen LogP contribution < -0.4 is 33.6 Å². The Hall–Kier alpha value is -2.88. The van der Waals surface area contributed by atoms with Gasteiger partial charge in [0.1, 0.15) is 48.8 Å². The van der Waals surface area contributed by atoms with Crippen LogP contribution in [0.5, 0.6) is 0 Å². The molecule has 2 heterocycles. The summed E-state index contributed by atoms with van der Waals surface area (Å²) in [5, 5.41) is 67.1. The summed E-state index contributed by atoms with van der Waals surface area (Å²) in [6.45, 7) is -0.0978. The van der Waals surface area contributed by atoms with E-state index in [1.807, 2.05) is 0 Å². The molecule has 0 bridgehead atoms. The highest BCUT2D eigenvalue weighted by atomic mass is 16.8. The number of guanidine groups is 2. The van der Waals surface area contributed by atoms with Crippen LogP contribution in [0.15, 0.2) is 9.98 Å². The van der Waals surface area contributed by atoms with Crippen molar-refractivity contribution in [1.29, 1.82) is 0 Å². The van der Waals surface area contributed by atoms with Gasteiger partial charge in [-0.25, -0.2) is 0 Å². The molecule has 0 aromatic rings. The van der Waals surface area contributed by atoms with Gasteiger partial charge in [0, 0.05) is 39.0 Å². The van der Waals surface area contributed by atoms with Crippen molar-refractivity contribution < 1.29 is 54.4 Å². The van der Waals surface area contributed by atoms with Crippen LogP contribution in [0.2, 0.25) is 0 Å². The molecule has 0 saturated carbocycles. The van der Waals surface area contributed by atoms with Crippen molar-refractivity contribution in [2.45, 2.75) is 87.1 Å². The molecule has 19 nitrogen and oxygen atoms in total. The largest absolute Gasteiger partial charge is 0.388 e. The lowest BCUT2D eigenvalue weighted by molar-refractivity contribution is -0.372. The average Bonchev–Trinajstić information content (AvgIpc) is 2.92. The molecular weight excluding hydrogens is 552 g/mol. The van der Waals surface area contributed by atoms with E-state index in [2.05, 4.69) is 20.6 Å². The number of nitrogens with two attached hydrogens (primary N) is 4. The summed E-state index contributed by atoms with van der Waals surface area (Å²) in [6, 6.07) is 0. The third-order valence-corrected chi connectivity index (χ3v) is 6.32. The molecule has 0 unspecified atom stereocenters. The monoisotopic (exact) mass is 594 g/mol. The minimum atomic E-state index is -1.82. The van der Waals surface area contributed by atoms with Gasteiger partial charge < -0.3 is 78.4 Å². The van der Waals surface area contributed by atoms with E-state index in [9.17, 15) is 40.2 Å². The molecule has 2 fully saturated rings. The van der Waals surface area contributed by atoms with E-state index in [1.165, 1.54) is 0 Å². The first-order chi connectivity index (χ1) is 19.3. The summed E-state index contributed by atoms with van der Waals surface area (Å²) in [7, 11) is 0. The molecule has 41 heavy (non-hydrogen) atoms. The lowest BCUT2D eigenvalue weighted by Gasteiger charge is -2.45. The Kier molecular flexibility index (Phi) is 13.8. The van der Waals surface area contributed by atoms with Gasteiger partial charge in [-0.1, -0.05) is 0 Å². The van der Waals surface area contributed by atoms with E-state index >= 15 is 0 Å². The van der Waals surface area contributed by atoms with Gasteiger partial charge in [-0.2, -0.15) is 0 Å². The molecule has 2 rings (SSSR count). The minimum absolute atomic E-state index is 0.0568. The van der Waals surface area contributed by atoms with Crippen molar-refractivity contribution in [1.82, 2.24) is 10.6 Å². The molecule has 0 radical (unpaired) electrons. The minimum Gasteiger partial charge on any atom is -0.388 e. The van der Waals surface area contributed by atoms with Crippen LogP contribution in [0.3, 0.4) is 0 Å². The van der Waals surface area contributed by atoms with E-state index in [1.54, 1.807) is 0 Å². The van der Waals surface area contributed by atoms with Gasteiger partial charge in [0.05, 0.1) is 0 Å². The molecule has 0 spiro atoms. The number of aliphatic imine (C=N–C) groups is 2. The summed E-state index contributed by atoms with van der Waals surface area (Å²) in [4.78, 5) is 31.7. The number of rotatable bonds is 14. The van der Waals surface area contributed by atoms with Crippen molar-refractivity contribution >= 4 is 23.7 Å². The molecular formula is C22H42N8O11. The number of nitrogens with one attached hydrogen (secondary N) is 2. The molecule has 0 aliphatic carbocycles. The highest BCUT2D eigenvalue weighted by Gasteiger charge is 2.49. The topological polar surface area (TPSA) is 336 Å². The number of aliphatic hydroxyl groups is 6. The lowest BCUT2D eigenvalue weighted by atomic mass is 9.97. The van der Waals surface area contributed by atoms with Crippen LogP contribution >= 0.6 is 0 Å². The van der Waals surface area contributed by atoms with Crippen LogP contribution in [0.1, 0.15) is 25.7 Å². The number of carbonyl (C=O) groups is 2. The summed E-state index contributed by atoms with van der Waals surface area (Å²) in [5.41, 5.74) is 20.9. The highest BCUT2D eigenvalue weighted by Crippen LogP contribution is 2.28. The molecule has 16 N–H and O–H groups in total. The summed E-state index contributed by atoms with van der Waals surface area (Å²) >= 11 is 0. The second-order valence-electron chi connectivity index (χ2n) is 9.59. The SMILES string of the molecule is NC(N)=NCCCC(=O)NC[C@H]1O[C@H](O[C@H]2O[C@H](CNC(=O)CCCN=C(N)N)[C@@H](O)[C@H](O)[C@H]2O)[C@H](O)[C@@H](O)[C@@H]1O. The smallest absolute Gasteiger partial charge is 0.220 e. The molecule has 10 atom stereocenters. The molecule has 2 aliphatic heterocycles. The molecule has 2 saturated heterocycles. The van der Waals surface area contributed by atoms with E-state index in [4.69, 9.17) is 37.1 Å². The van der Waals surface area contributed by atoms with Crippen molar-refractivity contribution in [2.24, 2.45) is 32.9 Å². The summed E-state index contributed by atoms with van der Waals surface area (Å²) in [6.07, 6.45) is -15.5. The number of amides is 2. The first-order valence-electron chi connectivity index (χ1n) is 13.0. The molecule has 2 amide bonds. The Morgan fingerprint density at radius 1 is 0.634 bits per heavy atom. The second-order valence-corrected chi connectivity index (χ2v) is 9.59. The lowest BCUT2D eigenvalue weighted by Crippen LogP contribution is -2.64. The fourth-order valence-corrected chi connectivity index (χ4v) is 4.03. The van der Waals surface area contributed by atoms with Crippen molar-refractivity contribution in [3.8, 4) is 0 Å². The van der Waals surface area contributed by atoms with Gasteiger partial charge >= 0.3 is 0 Å². The van der Waals surface area contributed by atoms with Crippen LogP contribution in [0.25, 0.3) is 0 Å². The Balaban J connectivity index is 1.93. The fraction of sp³-hybridized carbons (Fsp3) is 0.818. The molecule has 19 heteroatoms. The van der Waals surface area contributed by atoms with Crippen LogP contribution in [-0.2, 0) is 23.8 Å². The van der Waals surface area contributed by atoms with Crippen molar-refractivity contribution in [3.63, 3.8) is 0 Å². The summed E-state index contributed by atoms with van der Waals surface area (Å²) < 4.78 is 16.5. The third-order valence-electron chi connectivity index (χ3n) is 6.32. The van der Waals surface area contributed by atoms with E-state index in [0.717, 1.165) is 0 Å². The number of aliphatic hydroxyl groups excluding tert-OH is 6. The molecule has 2 aliphatic rings. The van der Waals surface area contributed by atoms with E-state index in [-0.39, 0.29) is 50.9 Å². The van der Waals surface area contributed by atoms with Crippen molar-refractivity contribution in [3.05, 3.63) is 0 Å². The van der Waals surface area contributed by atoms with Crippen LogP contribution in [0, 0.1) is 0 Å². The quantitative estimate of drug-likeness (QED) is 0.0505. The van der Waals surface area contributed by atoms with E-state index < -0.39 is 73.2 Å². The van der Waals surface area contributed by atoms with Gasteiger partial charge in [0.15, 0.2) is 24.5 Å². The number of carbonyl (C=O) groups excluding carboxylic acids is 2. The first-order valence-corrected chi connectivity index (χ1v) is 13.0. The predicted molar refractivity (Wildman–Crippen MR) is 140 cm³/mol. The van der Waals surface area contributed by atoms with Gasteiger partial charge in [-0.3, -0.25) is 19.6 Å². The highest BCUT2D eigenvalue weighted by molar-refractivity contribution is 5.77. The van der Waals surface area contributed by atoms with Crippen LogP contribution in [0.4, 0.5) is 0 Å². The average molecular weight is 595 g/mol. The Bertz CT molecular complexity index is 835. The van der Waals surface area contributed by atoms with Gasteiger partial charge in [-0.05, 0) is 12.8 Å². The maximum atomic E-state index is 12.1. The maximum absolute atomic E-state index is 12.1. The van der Waals surface area contributed by atoms with Gasteiger partial charge in [-0.15, -0.1) is 0 Å². The number of hydrogen-bond donors (Lipinski definition) is 12. The van der Waals surface area contributed by atoms with Gasteiger partial charge in [0.2, 0.25) is 11.8 Å². The third kappa shape index (κ3) is 10.8. The van der Waals surface area contributed by atoms with Gasteiger partial charge in [0.25, 0.3) is 0 Å². The maximum Gasteiger partial charge on any atom is 0.220 e. The Labute approximate surface area is 235 Å². The zero-order chi connectivity index (χ0) is 30.7. The van der Waals surface area contributed by atoms with E-state index in [0.29, 0.717) is 12.8 Å². The normalized spacial score (nSPS) is 33.4. The zero-order valence-electron chi connectivity index (χ0n) is 22.4. The second kappa shape index (κ2) is 16.5. The molecule has 0 aromatic heterocycles. The number of hydrogen-bond acceptors (Lipinski definition) is 13. The molecule has 0 aromatic carbocycles. The first kappa shape index (κ1) is 34.3. The number of nitrogens with zero attached hydrogens (tertiary/aromatic N) is 2. The Morgan fingerprint density at radius 2 is 1.00 bits per heavy atom. The van der Waals surface area contributed by atoms with Crippen molar-refractivity contribution in [2.75, 3.05) is 26.2 Å². The zero-order valence-corrected chi connectivity index (χ0v) is 22.4. The van der Waals surface area contributed by atoms with Crippen LogP contribution in [-0.4, -0.2) is 142 Å². The standard InChI is InChI=1S/C22H42N8O11/c23-21(24)27-5-1-3-11(31)29-7-9-13(33)15(35)17(37)19(39-9)41-20-18(38)16(36)14(34)10(40-20)8-30-12(32)4-2-6-28-22(25)26/h9-10,13-20,33-38H,1-8H2,(H,29,31)(H,30,32)(H4,23,24,27)(H4,25,26,28)/t9-,10-,13-,14-,15+,16+,17-,18-,19-,20-/m1/s1. The Morgan fingerprint density at radius 3 is 1.34 bits per heavy atom. The number of ether oxygens (including phenoxy) is 3.